The quantitative estimate of drug-likeness (QED) is 0.384. The number of aryl methyl sites for hydroxylation is 1. The standard InChI is InChI=1S/C22H21FN4O3S/c1-13-19(11-20(29)26-18-9-7-17(8-10-18)25-14(2)28)21(30)27-22(24-13)31-12-15-3-5-16(23)6-4-15/h3-10H,11-12H2,1-2H3,(H,25,28)(H,26,29)(H,24,27,30). The lowest BCUT2D eigenvalue weighted by molar-refractivity contribution is -0.116. The lowest BCUT2D eigenvalue weighted by Gasteiger charge is -2.09. The zero-order chi connectivity index (χ0) is 22.4. The predicted molar refractivity (Wildman–Crippen MR) is 119 cm³/mol. The molecule has 0 radical (unpaired) electrons. The van der Waals surface area contributed by atoms with Crippen molar-refractivity contribution in [1.29, 1.82) is 0 Å². The first-order valence-corrected chi connectivity index (χ1v) is 10.4. The first-order chi connectivity index (χ1) is 14.8. The van der Waals surface area contributed by atoms with Crippen molar-refractivity contribution < 1.29 is 14.0 Å². The smallest absolute Gasteiger partial charge is 0.255 e. The first-order valence-electron chi connectivity index (χ1n) is 9.44. The molecule has 1 aromatic heterocycles. The van der Waals surface area contributed by atoms with E-state index in [1.54, 1.807) is 43.3 Å². The van der Waals surface area contributed by atoms with Crippen LogP contribution in [0.3, 0.4) is 0 Å². The van der Waals surface area contributed by atoms with Crippen LogP contribution in [0.15, 0.2) is 58.5 Å². The molecular weight excluding hydrogens is 419 g/mol. The summed E-state index contributed by atoms with van der Waals surface area (Å²) in [7, 11) is 0. The molecule has 1 heterocycles. The Balaban J connectivity index is 1.62. The Morgan fingerprint density at radius 3 is 2.23 bits per heavy atom. The van der Waals surface area contributed by atoms with Gasteiger partial charge >= 0.3 is 0 Å². The monoisotopic (exact) mass is 440 g/mol. The molecule has 2 aromatic carbocycles. The van der Waals surface area contributed by atoms with E-state index in [4.69, 9.17) is 0 Å². The maximum absolute atomic E-state index is 13.0. The summed E-state index contributed by atoms with van der Waals surface area (Å²) < 4.78 is 13.0. The van der Waals surface area contributed by atoms with E-state index in [-0.39, 0.29) is 29.6 Å². The number of nitrogens with zero attached hydrogens (tertiary/aromatic N) is 1. The van der Waals surface area contributed by atoms with Crippen molar-refractivity contribution in [2.24, 2.45) is 0 Å². The number of carbonyl (C=O) groups excluding carboxylic acids is 2. The highest BCUT2D eigenvalue weighted by Gasteiger charge is 2.13. The molecule has 0 spiro atoms. The zero-order valence-corrected chi connectivity index (χ0v) is 17.8. The number of H-pyrrole nitrogens is 1. The van der Waals surface area contributed by atoms with Gasteiger partial charge in [-0.05, 0) is 48.9 Å². The van der Waals surface area contributed by atoms with Gasteiger partial charge in [0, 0.05) is 35.3 Å². The molecule has 2 amide bonds. The van der Waals surface area contributed by atoms with E-state index in [9.17, 15) is 18.8 Å². The Morgan fingerprint density at radius 2 is 1.65 bits per heavy atom. The minimum absolute atomic E-state index is 0.121. The van der Waals surface area contributed by atoms with Crippen molar-refractivity contribution in [2.45, 2.75) is 31.2 Å². The molecule has 0 aliphatic heterocycles. The number of amides is 2. The highest BCUT2D eigenvalue weighted by molar-refractivity contribution is 7.98. The van der Waals surface area contributed by atoms with E-state index >= 15 is 0 Å². The third-order valence-electron chi connectivity index (χ3n) is 4.32. The number of halogens is 1. The van der Waals surface area contributed by atoms with Crippen LogP contribution in [0, 0.1) is 12.7 Å². The average molecular weight is 441 g/mol. The number of thioether (sulfide) groups is 1. The minimum Gasteiger partial charge on any atom is -0.326 e. The van der Waals surface area contributed by atoms with Crippen molar-refractivity contribution in [3.63, 3.8) is 0 Å². The number of benzene rings is 2. The van der Waals surface area contributed by atoms with E-state index in [1.807, 2.05) is 0 Å². The second-order valence-corrected chi connectivity index (χ2v) is 7.80. The molecule has 0 aliphatic carbocycles. The Hall–Kier alpha value is -3.46. The van der Waals surface area contributed by atoms with Crippen LogP contribution < -0.4 is 16.2 Å². The molecule has 0 fully saturated rings. The molecule has 0 saturated carbocycles. The van der Waals surface area contributed by atoms with Crippen molar-refractivity contribution in [3.8, 4) is 0 Å². The summed E-state index contributed by atoms with van der Waals surface area (Å²) in [5.41, 5.74) is 2.47. The highest BCUT2D eigenvalue weighted by atomic mass is 32.2. The van der Waals surface area contributed by atoms with Crippen LogP contribution >= 0.6 is 11.8 Å². The van der Waals surface area contributed by atoms with Crippen LogP contribution in [0.25, 0.3) is 0 Å². The van der Waals surface area contributed by atoms with E-state index in [0.717, 1.165) is 5.56 Å². The normalized spacial score (nSPS) is 10.5. The SMILES string of the molecule is CC(=O)Nc1ccc(NC(=O)Cc2c(C)nc(SCc3ccc(F)cc3)[nH]c2=O)cc1. The maximum Gasteiger partial charge on any atom is 0.255 e. The predicted octanol–water partition coefficient (Wildman–Crippen LogP) is 3.65. The number of aromatic nitrogens is 2. The molecule has 31 heavy (non-hydrogen) atoms. The van der Waals surface area contributed by atoms with Gasteiger partial charge in [0.25, 0.3) is 5.56 Å². The lowest BCUT2D eigenvalue weighted by Crippen LogP contribution is -2.23. The first kappa shape index (κ1) is 22.2. The third-order valence-corrected chi connectivity index (χ3v) is 5.26. The fourth-order valence-electron chi connectivity index (χ4n) is 2.80. The summed E-state index contributed by atoms with van der Waals surface area (Å²) in [5.74, 6) is -0.313. The minimum atomic E-state index is -0.370. The number of nitrogens with one attached hydrogen (secondary N) is 3. The number of aromatic amines is 1. The van der Waals surface area contributed by atoms with Crippen LogP contribution in [0.2, 0.25) is 0 Å². The molecule has 0 unspecified atom stereocenters. The van der Waals surface area contributed by atoms with Crippen molar-refractivity contribution >= 4 is 35.0 Å². The maximum atomic E-state index is 13.0. The molecular formula is C22H21FN4O3S. The largest absolute Gasteiger partial charge is 0.326 e. The zero-order valence-electron chi connectivity index (χ0n) is 17.0. The molecule has 0 atom stereocenters. The molecule has 0 bridgehead atoms. The van der Waals surface area contributed by atoms with Crippen LogP contribution in [0.5, 0.6) is 0 Å². The summed E-state index contributed by atoms with van der Waals surface area (Å²) in [6.07, 6.45) is -0.121. The van der Waals surface area contributed by atoms with Gasteiger partial charge in [0.15, 0.2) is 5.16 Å². The Bertz CT molecular complexity index is 1140. The molecule has 7 nitrogen and oxygen atoms in total. The Kier molecular flexibility index (Phi) is 7.19. The molecule has 3 aromatic rings. The van der Waals surface area contributed by atoms with Gasteiger partial charge in [0.05, 0.1) is 6.42 Å². The fraction of sp³-hybridized carbons (Fsp3) is 0.182. The molecule has 3 N–H and O–H groups in total. The van der Waals surface area contributed by atoms with Gasteiger partial charge in [0.2, 0.25) is 11.8 Å². The van der Waals surface area contributed by atoms with E-state index in [0.29, 0.717) is 33.5 Å². The van der Waals surface area contributed by atoms with Gasteiger partial charge in [-0.3, -0.25) is 14.4 Å². The number of hydrogen-bond acceptors (Lipinski definition) is 5. The highest BCUT2D eigenvalue weighted by Crippen LogP contribution is 2.19. The third kappa shape index (κ3) is 6.51. The van der Waals surface area contributed by atoms with E-state index in [1.165, 1.54) is 30.8 Å². The van der Waals surface area contributed by atoms with Gasteiger partial charge in [-0.2, -0.15) is 0 Å². The summed E-state index contributed by atoms with van der Waals surface area (Å²) in [6.45, 7) is 3.10. The fourth-order valence-corrected chi connectivity index (χ4v) is 3.66. The summed E-state index contributed by atoms with van der Waals surface area (Å²) in [4.78, 5) is 43.0. The number of anilines is 2. The molecule has 0 saturated heterocycles. The number of rotatable bonds is 7. The summed E-state index contributed by atoms with van der Waals surface area (Å²) >= 11 is 1.32. The van der Waals surface area contributed by atoms with Gasteiger partial charge in [-0.15, -0.1) is 0 Å². The molecule has 9 heteroatoms. The number of hydrogen-bond donors (Lipinski definition) is 3. The lowest BCUT2D eigenvalue weighted by atomic mass is 10.1. The van der Waals surface area contributed by atoms with Crippen molar-refractivity contribution in [1.82, 2.24) is 9.97 Å². The average Bonchev–Trinajstić information content (AvgIpc) is 2.71. The van der Waals surface area contributed by atoms with Crippen LogP contribution in [-0.4, -0.2) is 21.8 Å². The van der Waals surface area contributed by atoms with Gasteiger partial charge in [0.1, 0.15) is 5.82 Å². The summed E-state index contributed by atoms with van der Waals surface area (Å²) in [5, 5.41) is 5.80. The Labute approximate surface area is 182 Å². The van der Waals surface area contributed by atoms with Crippen LogP contribution in [0.1, 0.15) is 23.7 Å². The topological polar surface area (TPSA) is 104 Å². The Morgan fingerprint density at radius 1 is 1.03 bits per heavy atom. The van der Waals surface area contributed by atoms with Crippen LogP contribution in [0.4, 0.5) is 15.8 Å². The molecule has 0 aliphatic rings. The second-order valence-electron chi connectivity index (χ2n) is 6.83. The van der Waals surface area contributed by atoms with Gasteiger partial charge in [-0.25, -0.2) is 9.37 Å². The molecule has 160 valence electrons. The summed E-state index contributed by atoms with van der Waals surface area (Å²) in [6, 6.07) is 12.8. The van der Waals surface area contributed by atoms with E-state index in [2.05, 4.69) is 20.6 Å². The van der Waals surface area contributed by atoms with E-state index < -0.39 is 0 Å². The molecule has 3 rings (SSSR count). The van der Waals surface area contributed by atoms with Crippen molar-refractivity contribution in [2.75, 3.05) is 10.6 Å². The van der Waals surface area contributed by atoms with Crippen molar-refractivity contribution in [3.05, 3.63) is 81.5 Å². The van der Waals surface area contributed by atoms with Gasteiger partial charge < -0.3 is 15.6 Å². The second kappa shape index (κ2) is 10.0. The van der Waals surface area contributed by atoms with Gasteiger partial charge in [-0.1, -0.05) is 23.9 Å². The van der Waals surface area contributed by atoms with Crippen LogP contribution in [-0.2, 0) is 21.8 Å². The number of carbonyl (C=O) groups is 2.